The molecular formula is C64H43BN2O3. The first kappa shape index (κ1) is 35.4. The fourth-order valence-corrected chi connectivity index (χ4v) is 11.5. The second kappa shape index (κ2) is 14.4. The third kappa shape index (κ3) is 5.50. The lowest BCUT2D eigenvalue weighted by Gasteiger charge is -2.41. The number of aromatic nitrogens is 1. The molecule has 5 heterocycles. The van der Waals surface area contributed by atoms with Crippen molar-refractivity contribution in [2.45, 2.75) is 26.2 Å². The van der Waals surface area contributed by atoms with Gasteiger partial charge in [-0.3, -0.25) is 0 Å². The third-order valence-electron chi connectivity index (χ3n) is 14.7. The summed E-state index contributed by atoms with van der Waals surface area (Å²) in [6, 6.07) is 62.3. The summed E-state index contributed by atoms with van der Waals surface area (Å²) in [5.41, 5.74) is 15.4. The second-order valence-electron chi connectivity index (χ2n) is 19.7. The second-order valence-corrected chi connectivity index (χ2v) is 19.7. The van der Waals surface area contributed by atoms with Crippen LogP contribution < -0.4 is 26.0 Å². The Labute approximate surface area is 410 Å². The highest BCUT2D eigenvalue weighted by Gasteiger charge is 2.46. The molecule has 0 radical (unpaired) electrons. The SMILES string of the molecule is [2H]c1c([2H])c([2H])c2c(c1[2H])c1cc(C(C)(C)C)ccc1n2-c1ccc2c(c1)N(c1ccccc1-c1ccccc1)c1cc(-c3ccccc3)cc3c1B2c1c(c2oc4ccccc4c2c2c1oc1ccccc12)O3. The van der Waals surface area contributed by atoms with Crippen LogP contribution in [0, 0.1) is 0 Å². The molecule has 0 spiro atoms. The number of anilines is 3. The van der Waals surface area contributed by atoms with E-state index in [4.69, 9.17) is 16.3 Å². The summed E-state index contributed by atoms with van der Waals surface area (Å²) < 4.78 is 60.4. The highest BCUT2D eigenvalue weighted by Crippen LogP contribution is 2.51. The summed E-state index contributed by atoms with van der Waals surface area (Å²) in [5, 5.41) is 5.14. The van der Waals surface area contributed by atoms with Gasteiger partial charge >= 0.3 is 0 Å². The Morgan fingerprint density at radius 3 is 1.94 bits per heavy atom. The lowest BCUT2D eigenvalue weighted by atomic mass is 9.34. The molecule has 0 bridgehead atoms. The zero-order valence-electron chi connectivity index (χ0n) is 42.5. The smallest absolute Gasteiger partial charge is 0.261 e. The molecule has 10 aromatic carbocycles. The summed E-state index contributed by atoms with van der Waals surface area (Å²) in [6.07, 6.45) is 0. The van der Waals surface area contributed by atoms with Crippen molar-refractivity contribution in [3.8, 4) is 39.4 Å². The zero-order chi connectivity index (χ0) is 49.9. The van der Waals surface area contributed by atoms with Gasteiger partial charge in [0.05, 0.1) is 22.2 Å². The van der Waals surface area contributed by atoms with Gasteiger partial charge in [-0.1, -0.05) is 166 Å². The van der Waals surface area contributed by atoms with E-state index < -0.39 is 6.71 Å². The van der Waals surface area contributed by atoms with Crippen LogP contribution in [0.1, 0.15) is 31.8 Å². The number of rotatable bonds is 4. The van der Waals surface area contributed by atoms with Gasteiger partial charge in [0.25, 0.3) is 6.71 Å². The van der Waals surface area contributed by atoms with Crippen LogP contribution in [0.2, 0.25) is 0 Å². The summed E-state index contributed by atoms with van der Waals surface area (Å²) in [5.74, 6) is 1.32. The van der Waals surface area contributed by atoms with E-state index in [1.165, 1.54) is 0 Å². The maximum atomic E-state index is 9.56. The minimum absolute atomic E-state index is 0.0624. The fraction of sp³-hybridized carbons (Fsp3) is 0.0625. The third-order valence-corrected chi connectivity index (χ3v) is 14.7. The molecule has 15 rings (SSSR count). The molecule has 3 aromatic heterocycles. The highest BCUT2D eigenvalue weighted by molar-refractivity contribution is 7.00. The van der Waals surface area contributed by atoms with E-state index in [-0.39, 0.29) is 29.6 Å². The van der Waals surface area contributed by atoms with Crippen molar-refractivity contribution in [2.75, 3.05) is 4.90 Å². The van der Waals surface area contributed by atoms with Crippen LogP contribution in [0.5, 0.6) is 11.5 Å². The average Bonchev–Trinajstić information content (AvgIpc) is 4.26. The van der Waals surface area contributed by atoms with E-state index in [0.29, 0.717) is 28.0 Å². The summed E-state index contributed by atoms with van der Waals surface area (Å²) >= 11 is 0. The van der Waals surface area contributed by atoms with Gasteiger partial charge in [-0.2, -0.15) is 0 Å². The first-order valence-electron chi connectivity index (χ1n) is 25.9. The largest absolute Gasteiger partial charge is 0.456 e. The van der Waals surface area contributed by atoms with Crippen molar-refractivity contribution >= 4 is 106 Å². The lowest BCUT2D eigenvalue weighted by molar-refractivity contribution is 0.481. The van der Waals surface area contributed by atoms with Crippen LogP contribution in [0.3, 0.4) is 0 Å². The topological polar surface area (TPSA) is 43.7 Å². The molecule has 330 valence electrons. The maximum absolute atomic E-state index is 9.56. The first-order chi connectivity index (χ1) is 36.0. The zero-order valence-corrected chi connectivity index (χ0v) is 38.5. The molecule has 0 unspecified atom stereocenters. The predicted octanol–water partition coefficient (Wildman–Crippen LogP) is 15.6. The number of hydrogen-bond acceptors (Lipinski definition) is 4. The van der Waals surface area contributed by atoms with Gasteiger partial charge in [0.15, 0.2) is 11.3 Å². The predicted molar refractivity (Wildman–Crippen MR) is 291 cm³/mol. The maximum Gasteiger partial charge on any atom is 0.261 e. The average molecular weight is 903 g/mol. The van der Waals surface area contributed by atoms with Crippen LogP contribution in [-0.4, -0.2) is 11.3 Å². The minimum Gasteiger partial charge on any atom is -0.456 e. The van der Waals surface area contributed by atoms with Crippen molar-refractivity contribution in [1.29, 1.82) is 0 Å². The quantitative estimate of drug-likeness (QED) is 0.165. The summed E-state index contributed by atoms with van der Waals surface area (Å²) in [6.45, 7) is 6.05. The van der Waals surface area contributed by atoms with E-state index in [1.54, 1.807) is 0 Å². The van der Waals surface area contributed by atoms with Gasteiger partial charge in [-0.15, -0.1) is 0 Å². The fourth-order valence-electron chi connectivity index (χ4n) is 11.5. The Kier molecular flexibility index (Phi) is 7.28. The molecule has 0 saturated carbocycles. The van der Waals surface area contributed by atoms with Crippen molar-refractivity contribution in [2.24, 2.45) is 0 Å². The number of hydrogen-bond donors (Lipinski definition) is 0. The van der Waals surface area contributed by atoms with Gasteiger partial charge in [-0.05, 0) is 99.2 Å². The number of para-hydroxylation sites is 4. The molecule has 0 saturated heterocycles. The number of ether oxygens (including phenoxy) is 1. The van der Waals surface area contributed by atoms with Crippen LogP contribution in [0.15, 0.2) is 215 Å². The number of nitrogens with zero attached hydrogens (tertiary/aromatic N) is 2. The molecule has 0 atom stereocenters. The van der Waals surface area contributed by atoms with Gasteiger partial charge in [0, 0.05) is 60.4 Å². The standard InChI is InChI=1S/C64H43BN2O3/c1-64(2,3)41-30-33-51-47(36-41)44-23-11-15-27-50(44)66(51)42-31-32-48-52(37-42)67(49-26-14-10-22-43(49)39-20-8-5-9-21-39)53-34-40(38-18-6-4-7-19-38)35-56-59(53)65(48)60-61-57(45-24-12-16-28-54(45)68-61)58-46-25-13-17-29-55(46)69-62(58)63(60)70-56/h4-37H,1-3H3/i11D,15D,23D,27D. The molecule has 6 heteroatoms. The lowest BCUT2D eigenvalue weighted by Crippen LogP contribution is -2.59. The van der Waals surface area contributed by atoms with Crippen LogP contribution in [0.4, 0.5) is 17.1 Å². The monoisotopic (exact) mass is 902 g/mol. The van der Waals surface area contributed by atoms with E-state index in [0.717, 1.165) is 116 Å². The Bertz CT molecular complexity index is 4570. The minimum atomic E-state index is -0.428. The van der Waals surface area contributed by atoms with Crippen molar-refractivity contribution in [3.63, 3.8) is 0 Å². The number of fused-ring (bicyclic) bond motifs is 16. The number of furan rings is 2. The molecule has 70 heavy (non-hydrogen) atoms. The van der Waals surface area contributed by atoms with E-state index in [9.17, 15) is 2.74 Å². The Balaban J connectivity index is 1.11. The molecule has 5 nitrogen and oxygen atoms in total. The van der Waals surface area contributed by atoms with E-state index in [2.05, 4.69) is 165 Å². The van der Waals surface area contributed by atoms with Gasteiger partial charge < -0.3 is 23.0 Å². The molecule has 0 aliphatic carbocycles. The Morgan fingerprint density at radius 2 is 1.17 bits per heavy atom. The van der Waals surface area contributed by atoms with Crippen molar-refractivity contribution in [1.82, 2.24) is 4.57 Å². The summed E-state index contributed by atoms with van der Waals surface area (Å²) in [7, 11) is 0. The molecule has 13 aromatic rings. The van der Waals surface area contributed by atoms with Crippen LogP contribution in [-0.2, 0) is 5.41 Å². The van der Waals surface area contributed by atoms with Crippen molar-refractivity contribution < 1.29 is 19.1 Å². The Morgan fingerprint density at radius 1 is 0.500 bits per heavy atom. The van der Waals surface area contributed by atoms with Crippen LogP contribution >= 0.6 is 0 Å². The molecule has 0 amide bonds. The summed E-state index contributed by atoms with van der Waals surface area (Å²) in [4.78, 5) is 2.37. The first-order valence-corrected chi connectivity index (χ1v) is 23.9. The molecule has 0 N–H and O–H groups in total. The number of benzene rings is 10. The molecular weight excluding hydrogens is 856 g/mol. The normalized spacial score (nSPS) is 13.9. The molecule has 2 aliphatic heterocycles. The molecule has 2 aliphatic rings. The Hall–Kier alpha value is -8.74. The van der Waals surface area contributed by atoms with Gasteiger partial charge in [-0.25, -0.2) is 0 Å². The highest BCUT2D eigenvalue weighted by atomic mass is 16.5. The van der Waals surface area contributed by atoms with E-state index in [1.807, 2.05) is 47.0 Å². The van der Waals surface area contributed by atoms with Gasteiger partial charge in [0.2, 0.25) is 0 Å². The van der Waals surface area contributed by atoms with E-state index >= 15 is 0 Å². The van der Waals surface area contributed by atoms with Gasteiger partial charge in [0.1, 0.15) is 22.5 Å². The molecule has 0 fully saturated rings. The van der Waals surface area contributed by atoms with Crippen LogP contribution in [0.25, 0.3) is 93.6 Å². The van der Waals surface area contributed by atoms with Crippen molar-refractivity contribution in [3.05, 3.63) is 212 Å².